The van der Waals surface area contributed by atoms with Crippen LogP contribution in [0.25, 0.3) is 5.69 Å². The van der Waals surface area contributed by atoms with Gasteiger partial charge in [0.05, 0.1) is 23.5 Å². The molecule has 3 rings (SSSR count). The fourth-order valence-electron chi connectivity index (χ4n) is 2.87. The first-order chi connectivity index (χ1) is 13.3. The summed E-state index contributed by atoms with van der Waals surface area (Å²) in [6, 6.07) is 15.2. The first-order valence-corrected chi connectivity index (χ1v) is 9.90. The Kier molecular flexibility index (Phi) is 6.14. The summed E-state index contributed by atoms with van der Waals surface area (Å²) in [6.45, 7) is 7.72. The molecule has 1 unspecified atom stereocenters. The van der Waals surface area contributed by atoms with Crippen molar-refractivity contribution in [2.45, 2.75) is 39.8 Å². The lowest BCUT2D eigenvalue weighted by Gasteiger charge is -2.16. The number of hydrogen-bond donors (Lipinski definition) is 1. The Bertz CT molecular complexity index is 984. The van der Waals surface area contributed by atoms with Gasteiger partial charge in [-0.1, -0.05) is 39.3 Å². The van der Waals surface area contributed by atoms with Crippen LogP contribution in [0.1, 0.15) is 48.6 Å². The van der Waals surface area contributed by atoms with Crippen molar-refractivity contribution in [2.75, 3.05) is 0 Å². The third kappa shape index (κ3) is 4.59. The highest BCUT2D eigenvalue weighted by Crippen LogP contribution is 2.21. The van der Waals surface area contributed by atoms with Crippen LogP contribution in [0, 0.1) is 6.92 Å². The second-order valence-electron chi connectivity index (χ2n) is 6.85. The molecule has 1 aromatic heterocycles. The molecule has 0 radical (unpaired) electrons. The summed E-state index contributed by atoms with van der Waals surface area (Å²) in [6.07, 6.45) is 0.0934. The number of nitrogens with one attached hydrogen (secondary N) is 1. The third-order valence-corrected chi connectivity index (χ3v) is 4.73. The Morgan fingerprint density at radius 3 is 2.61 bits per heavy atom. The molecule has 0 aliphatic heterocycles. The van der Waals surface area contributed by atoms with Gasteiger partial charge in [-0.25, -0.2) is 4.68 Å². The molecule has 0 bridgehead atoms. The average Bonchev–Trinajstić information content (AvgIpc) is 3.03. The highest BCUT2D eigenvalue weighted by Gasteiger charge is 2.20. The Hall–Kier alpha value is -2.67. The molecule has 0 fully saturated rings. The maximum absolute atomic E-state index is 12.8. The van der Waals surface area contributed by atoms with Crippen molar-refractivity contribution in [3.63, 3.8) is 0 Å². The van der Waals surface area contributed by atoms with Gasteiger partial charge < -0.3 is 10.1 Å². The summed E-state index contributed by atoms with van der Waals surface area (Å²) in [7, 11) is 0. The largest absolute Gasteiger partial charge is 0.491 e. The summed E-state index contributed by atoms with van der Waals surface area (Å²) >= 11 is 3.45. The number of aromatic nitrogens is 3. The van der Waals surface area contributed by atoms with Crippen molar-refractivity contribution >= 4 is 21.8 Å². The Labute approximate surface area is 173 Å². The topological polar surface area (TPSA) is 69.0 Å². The highest BCUT2D eigenvalue weighted by atomic mass is 79.9. The number of halogens is 1. The summed E-state index contributed by atoms with van der Waals surface area (Å²) in [5.41, 5.74) is 2.79. The maximum atomic E-state index is 12.8. The Morgan fingerprint density at radius 1 is 1.14 bits per heavy atom. The van der Waals surface area contributed by atoms with Crippen LogP contribution >= 0.6 is 15.9 Å². The Morgan fingerprint density at radius 2 is 1.89 bits per heavy atom. The third-order valence-electron chi connectivity index (χ3n) is 4.24. The average molecular weight is 443 g/mol. The van der Waals surface area contributed by atoms with Crippen LogP contribution in [0.2, 0.25) is 0 Å². The molecule has 1 N–H and O–H groups in total. The minimum absolute atomic E-state index is 0.0934. The van der Waals surface area contributed by atoms with Gasteiger partial charge in [-0.05, 0) is 63.6 Å². The number of nitrogens with zero attached hydrogens (tertiary/aromatic N) is 3. The molecule has 1 atom stereocenters. The minimum atomic E-state index is -0.263. The summed E-state index contributed by atoms with van der Waals surface area (Å²) in [5, 5.41) is 11.2. The molecule has 0 aliphatic carbocycles. The van der Waals surface area contributed by atoms with Gasteiger partial charge in [0.15, 0.2) is 5.69 Å². The number of amides is 1. The van der Waals surface area contributed by atoms with Crippen molar-refractivity contribution in [3.8, 4) is 11.4 Å². The van der Waals surface area contributed by atoms with Gasteiger partial charge in [0.25, 0.3) is 5.91 Å². The zero-order valence-electron chi connectivity index (χ0n) is 16.3. The van der Waals surface area contributed by atoms with Gasteiger partial charge in [0.1, 0.15) is 5.75 Å². The van der Waals surface area contributed by atoms with Gasteiger partial charge in [0.2, 0.25) is 0 Å². The SMILES string of the molecule is Cc1c(C(=O)NC(C)c2cccc(OC(C)C)c2)nnn1-c1cccc(Br)c1. The second kappa shape index (κ2) is 8.56. The van der Waals surface area contributed by atoms with Gasteiger partial charge >= 0.3 is 0 Å². The van der Waals surface area contributed by atoms with Crippen LogP contribution in [0.15, 0.2) is 53.0 Å². The lowest BCUT2D eigenvalue weighted by Crippen LogP contribution is -2.27. The van der Waals surface area contributed by atoms with E-state index in [0.717, 1.165) is 21.5 Å². The van der Waals surface area contributed by atoms with E-state index in [1.54, 1.807) is 4.68 Å². The predicted octanol–water partition coefficient (Wildman–Crippen LogP) is 4.62. The molecule has 0 aliphatic rings. The summed E-state index contributed by atoms with van der Waals surface area (Å²) in [5.74, 6) is 0.520. The molecular weight excluding hydrogens is 420 g/mol. The first-order valence-electron chi connectivity index (χ1n) is 9.11. The van der Waals surface area contributed by atoms with E-state index < -0.39 is 0 Å². The number of carbonyl (C=O) groups excluding carboxylic acids is 1. The van der Waals surface area contributed by atoms with Gasteiger partial charge in [-0.2, -0.15) is 0 Å². The molecule has 1 heterocycles. The standard InChI is InChI=1S/C21H23BrN4O2/c1-13(2)28-19-10-5-7-16(11-19)14(3)23-21(27)20-15(4)26(25-24-20)18-9-6-8-17(22)12-18/h5-14H,1-4H3,(H,23,27). The van der Waals surface area contributed by atoms with Crippen molar-refractivity contribution in [1.82, 2.24) is 20.3 Å². The van der Waals surface area contributed by atoms with Gasteiger partial charge in [-0.15, -0.1) is 5.10 Å². The number of hydrogen-bond acceptors (Lipinski definition) is 4. The molecule has 0 saturated carbocycles. The number of benzene rings is 2. The van der Waals surface area contributed by atoms with Crippen LogP contribution < -0.4 is 10.1 Å². The van der Waals surface area contributed by atoms with Gasteiger partial charge in [0, 0.05) is 4.47 Å². The van der Waals surface area contributed by atoms with E-state index in [4.69, 9.17) is 4.74 Å². The molecule has 7 heteroatoms. The van der Waals surface area contributed by atoms with E-state index >= 15 is 0 Å². The lowest BCUT2D eigenvalue weighted by atomic mass is 10.1. The number of ether oxygens (including phenoxy) is 1. The number of rotatable bonds is 6. The molecular formula is C21H23BrN4O2. The second-order valence-corrected chi connectivity index (χ2v) is 7.77. The fourth-order valence-corrected chi connectivity index (χ4v) is 3.26. The normalized spacial score (nSPS) is 12.1. The van der Waals surface area contributed by atoms with Crippen molar-refractivity contribution in [1.29, 1.82) is 0 Å². The quantitative estimate of drug-likeness (QED) is 0.604. The molecule has 3 aromatic rings. The van der Waals surface area contributed by atoms with Crippen LogP contribution in [0.5, 0.6) is 5.75 Å². The van der Waals surface area contributed by atoms with Gasteiger partial charge in [-0.3, -0.25) is 4.79 Å². The zero-order valence-corrected chi connectivity index (χ0v) is 17.9. The number of carbonyl (C=O) groups is 1. The van der Waals surface area contributed by atoms with E-state index in [0.29, 0.717) is 11.4 Å². The lowest BCUT2D eigenvalue weighted by molar-refractivity contribution is 0.0934. The monoisotopic (exact) mass is 442 g/mol. The Balaban J connectivity index is 1.76. The predicted molar refractivity (Wildman–Crippen MR) is 112 cm³/mol. The van der Waals surface area contributed by atoms with Crippen LogP contribution in [0.3, 0.4) is 0 Å². The minimum Gasteiger partial charge on any atom is -0.491 e. The maximum Gasteiger partial charge on any atom is 0.274 e. The summed E-state index contributed by atoms with van der Waals surface area (Å²) in [4.78, 5) is 12.8. The van der Waals surface area contributed by atoms with E-state index in [1.165, 1.54) is 0 Å². The summed E-state index contributed by atoms with van der Waals surface area (Å²) < 4.78 is 8.32. The molecule has 0 saturated heterocycles. The van der Waals surface area contributed by atoms with Crippen LogP contribution in [-0.4, -0.2) is 27.0 Å². The van der Waals surface area contributed by atoms with E-state index in [2.05, 4.69) is 31.6 Å². The first kappa shape index (κ1) is 20.1. The van der Waals surface area contributed by atoms with Crippen molar-refractivity contribution in [3.05, 3.63) is 70.0 Å². The van der Waals surface area contributed by atoms with Crippen molar-refractivity contribution in [2.24, 2.45) is 0 Å². The van der Waals surface area contributed by atoms with E-state index in [9.17, 15) is 4.79 Å². The van der Waals surface area contributed by atoms with Crippen LogP contribution in [-0.2, 0) is 0 Å². The molecule has 146 valence electrons. The van der Waals surface area contributed by atoms with Crippen LogP contribution in [0.4, 0.5) is 0 Å². The molecule has 2 aromatic carbocycles. The van der Waals surface area contributed by atoms with E-state index in [-0.39, 0.29) is 18.1 Å². The van der Waals surface area contributed by atoms with Crippen molar-refractivity contribution < 1.29 is 9.53 Å². The highest BCUT2D eigenvalue weighted by molar-refractivity contribution is 9.10. The molecule has 0 spiro atoms. The molecule has 1 amide bonds. The molecule has 28 heavy (non-hydrogen) atoms. The van der Waals surface area contributed by atoms with E-state index in [1.807, 2.05) is 76.2 Å². The zero-order chi connectivity index (χ0) is 20.3. The molecule has 6 nitrogen and oxygen atoms in total. The fraction of sp³-hybridized carbons (Fsp3) is 0.286. The smallest absolute Gasteiger partial charge is 0.274 e.